The number of aromatic amines is 1. The lowest BCUT2D eigenvalue weighted by Crippen LogP contribution is -2.34. The third kappa shape index (κ3) is 2.81. The van der Waals surface area contributed by atoms with Crippen LogP contribution in [0.3, 0.4) is 0 Å². The van der Waals surface area contributed by atoms with Gasteiger partial charge in [0, 0.05) is 49.7 Å². The molecule has 3 aliphatic rings. The quantitative estimate of drug-likeness (QED) is 0.748. The highest BCUT2D eigenvalue weighted by Crippen LogP contribution is 2.67. The molecule has 0 bridgehead atoms. The van der Waals surface area contributed by atoms with E-state index in [0.29, 0.717) is 36.0 Å². The van der Waals surface area contributed by atoms with Crippen LogP contribution in [0.1, 0.15) is 58.3 Å². The molecule has 0 radical (unpaired) electrons. The third-order valence-corrected chi connectivity index (χ3v) is 6.68. The minimum absolute atomic E-state index is 0.0890. The van der Waals surface area contributed by atoms with Gasteiger partial charge >= 0.3 is 0 Å². The lowest BCUT2D eigenvalue weighted by Gasteiger charge is -2.28. The second-order valence-electron chi connectivity index (χ2n) is 8.70. The van der Waals surface area contributed by atoms with Gasteiger partial charge in [0.05, 0.1) is 11.4 Å². The molecule has 2 aromatic heterocycles. The average molecular weight is 422 g/mol. The van der Waals surface area contributed by atoms with Crippen molar-refractivity contribution in [3.8, 4) is 0 Å². The summed E-state index contributed by atoms with van der Waals surface area (Å²) in [6, 6.07) is 1.68. The first-order valence-corrected chi connectivity index (χ1v) is 10.7. The normalized spacial score (nSPS) is 23.2. The molecule has 2 fully saturated rings. The maximum Gasteiger partial charge on any atom is 0.274 e. The average Bonchev–Trinajstić information content (AvgIpc) is 3.01. The number of nitrogens with one attached hydrogen (secondary N) is 2. The van der Waals surface area contributed by atoms with Crippen LogP contribution in [0.15, 0.2) is 30.2 Å². The van der Waals surface area contributed by atoms with Gasteiger partial charge in [-0.3, -0.25) is 14.4 Å². The van der Waals surface area contributed by atoms with E-state index >= 15 is 0 Å². The predicted octanol–water partition coefficient (Wildman–Crippen LogP) is 2.96. The van der Waals surface area contributed by atoms with Crippen molar-refractivity contribution in [1.82, 2.24) is 14.5 Å². The standard InChI is InChI=1S/C23H26N4O4/c1-4-5-19(29)25-15-6-16(26(11-15)12-31-3)22(30)27-10-14-8-23(14)18(27)7-17(28)21-20(23)13(2)9-24-21/h6-7,9,11,14,24H,4-5,8,10,12H2,1-3H3,(H,25,29). The van der Waals surface area contributed by atoms with E-state index in [9.17, 15) is 14.4 Å². The molecule has 1 aliphatic heterocycles. The number of methoxy groups -OCH3 is 1. The van der Waals surface area contributed by atoms with Crippen molar-refractivity contribution in [1.29, 1.82) is 0 Å². The molecule has 5 rings (SSSR count). The second-order valence-corrected chi connectivity index (χ2v) is 8.70. The van der Waals surface area contributed by atoms with E-state index < -0.39 is 0 Å². The Balaban J connectivity index is 1.48. The number of ether oxygens (including phenoxy) is 1. The fourth-order valence-corrected chi connectivity index (χ4v) is 5.34. The summed E-state index contributed by atoms with van der Waals surface area (Å²) in [5, 5.41) is 2.85. The summed E-state index contributed by atoms with van der Waals surface area (Å²) in [6.07, 6.45) is 7.34. The maximum absolute atomic E-state index is 13.6. The smallest absolute Gasteiger partial charge is 0.274 e. The lowest BCUT2D eigenvalue weighted by atomic mass is 9.83. The van der Waals surface area contributed by atoms with Crippen LogP contribution in [0.25, 0.3) is 0 Å². The molecular formula is C23H26N4O4. The molecular weight excluding hydrogens is 396 g/mol. The van der Waals surface area contributed by atoms with Gasteiger partial charge in [-0.25, -0.2) is 0 Å². The van der Waals surface area contributed by atoms with E-state index in [-0.39, 0.29) is 29.7 Å². The zero-order chi connectivity index (χ0) is 21.9. The first kappa shape index (κ1) is 19.8. The Morgan fingerprint density at radius 1 is 1.39 bits per heavy atom. The number of hydrogen-bond donors (Lipinski definition) is 2. The van der Waals surface area contributed by atoms with Gasteiger partial charge in [-0.15, -0.1) is 0 Å². The summed E-state index contributed by atoms with van der Waals surface area (Å²) in [5.41, 5.74) is 4.32. The number of carbonyl (C=O) groups excluding carboxylic acids is 3. The van der Waals surface area contributed by atoms with E-state index in [1.54, 1.807) is 34.9 Å². The van der Waals surface area contributed by atoms with Gasteiger partial charge < -0.3 is 24.5 Å². The van der Waals surface area contributed by atoms with Gasteiger partial charge in [0.2, 0.25) is 11.7 Å². The first-order valence-electron chi connectivity index (χ1n) is 10.7. The number of hydrogen-bond acceptors (Lipinski definition) is 4. The summed E-state index contributed by atoms with van der Waals surface area (Å²) in [7, 11) is 1.56. The highest BCUT2D eigenvalue weighted by atomic mass is 16.5. The second kappa shape index (κ2) is 6.95. The molecule has 8 heteroatoms. The van der Waals surface area contributed by atoms with Crippen LogP contribution in [-0.2, 0) is 21.7 Å². The monoisotopic (exact) mass is 422 g/mol. The molecule has 2 N–H and O–H groups in total. The molecule has 1 saturated heterocycles. The van der Waals surface area contributed by atoms with Crippen LogP contribution in [-0.4, -0.2) is 45.7 Å². The highest BCUT2D eigenvalue weighted by molar-refractivity contribution is 6.09. The number of piperidine rings is 1. The van der Waals surface area contributed by atoms with Crippen LogP contribution >= 0.6 is 0 Å². The van der Waals surface area contributed by atoms with Gasteiger partial charge in [0.1, 0.15) is 12.4 Å². The minimum atomic E-state index is -0.236. The van der Waals surface area contributed by atoms with Crippen LogP contribution in [0.2, 0.25) is 0 Å². The molecule has 2 amide bonds. The number of likely N-dealkylation sites (tertiary alicyclic amines) is 1. The summed E-state index contributed by atoms with van der Waals surface area (Å²) >= 11 is 0. The largest absolute Gasteiger partial charge is 0.364 e. The Labute approximate surface area is 180 Å². The molecule has 8 nitrogen and oxygen atoms in total. The topological polar surface area (TPSA) is 96.4 Å². The molecule has 2 aromatic rings. The van der Waals surface area contributed by atoms with Crippen molar-refractivity contribution in [3.63, 3.8) is 0 Å². The third-order valence-electron chi connectivity index (χ3n) is 6.68. The fourth-order valence-electron chi connectivity index (χ4n) is 5.34. The van der Waals surface area contributed by atoms with Gasteiger partial charge in [-0.2, -0.15) is 0 Å². The van der Waals surface area contributed by atoms with Crippen molar-refractivity contribution in [3.05, 3.63) is 52.7 Å². The lowest BCUT2D eigenvalue weighted by molar-refractivity contribution is -0.116. The van der Waals surface area contributed by atoms with Crippen molar-refractivity contribution >= 4 is 23.3 Å². The molecule has 2 atom stereocenters. The van der Waals surface area contributed by atoms with Crippen LogP contribution in [0, 0.1) is 12.8 Å². The van der Waals surface area contributed by atoms with E-state index in [1.807, 2.05) is 20.0 Å². The van der Waals surface area contributed by atoms with Gasteiger partial charge in [0.15, 0.2) is 0 Å². The zero-order valence-electron chi connectivity index (χ0n) is 17.9. The van der Waals surface area contributed by atoms with Gasteiger partial charge in [-0.05, 0) is 42.9 Å². The molecule has 2 aliphatic carbocycles. The number of amides is 2. The van der Waals surface area contributed by atoms with Crippen molar-refractivity contribution < 1.29 is 19.1 Å². The molecule has 1 spiro atoms. The number of aryl methyl sites for hydroxylation is 1. The number of fused-ring (bicyclic) bond motifs is 1. The molecule has 31 heavy (non-hydrogen) atoms. The summed E-state index contributed by atoms with van der Waals surface area (Å²) in [4.78, 5) is 43.2. The Hall–Kier alpha value is -3.13. The summed E-state index contributed by atoms with van der Waals surface area (Å²) in [6.45, 7) is 4.72. The Bertz CT molecular complexity index is 1140. The number of ketones is 1. The van der Waals surface area contributed by atoms with Crippen LogP contribution in [0.5, 0.6) is 0 Å². The summed E-state index contributed by atoms with van der Waals surface area (Å²) in [5.74, 6) is -0.0451. The van der Waals surface area contributed by atoms with Gasteiger partial charge in [-0.1, -0.05) is 6.92 Å². The minimum Gasteiger partial charge on any atom is -0.364 e. The number of carbonyl (C=O) groups is 3. The predicted molar refractivity (Wildman–Crippen MR) is 114 cm³/mol. The molecule has 3 heterocycles. The number of nitrogens with zero attached hydrogens (tertiary/aromatic N) is 2. The fraction of sp³-hybridized carbons (Fsp3) is 0.435. The van der Waals surface area contributed by atoms with Crippen molar-refractivity contribution in [2.75, 3.05) is 19.0 Å². The van der Waals surface area contributed by atoms with E-state index in [0.717, 1.165) is 29.7 Å². The molecule has 162 valence electrons. The molecule has 1 saturated carbocycles. The van der Waals surface area contributed by atoms with Crippen molar-refractivity contribution in [2.24, 2.45) is 5.92 Å². The van der Waals surface area contributed by atoms with Gasteiger partial charge in [0.25, 0.3) is 5.91 Å². The first-order chi connectivity index (χ1) is 14.9. The number of aromatic nitrogens is 2. The Morgan fingerprint density at radius 3 is 2.94 bits per heavy atom. The van der Waals surface area contributed by atoms with Crippen molar-refractivity contribution in [2.45, 2.75) is 45.3 Å². The Kier molecular flexibility index (Phi) is 4.44. The van der Waals surface area contributed by atoms with E-state index in [1.165, 1.54) is 0 Å². The molecule has 2 unspecified atom stereocenters. The number of anilines is 1. The highest BCUT2D eigenvalue weighted by Gasteiger charge is 2.68. The van der Waals surface area contributed by atoms with Crippen LogP contribution in [0.4, 0.5) is 5.69 Å². The van der Waals surface area contributed by atoms with E-state index in [2.05, 4.69) is 10.3 Å². The summed E-state index contributed by atoms with van der Waals surface area (Å²) < 4.78 is 6.95. The number of allylic oxidation sites excluding steroid dienone is 2. The zero-order valence-corrected chi connectivity index (χ0v) is 17.9. The Morgan fingerprint density at radius 2 is 2.19 bits per heavy atom. The SMILES string of the molecule is CCCC(=O)Nc1cc(C(=O)N2CC3CC34C2=CC(=O)c2[nH]cc(C)c24)n(COC)c1. The van der Waals surface area contributed by atoms with E-state index in [4.69, 9.17) is 4.74 Å². The number of H-pyrrole nitrogens is 1. The number of rotatable bonds is 6. The molecule has 0 aromatic carbocycles. The maximum atomic E-state index is 13.6. The van der Waals surface area contributed by atoms with Crippen LogP contribution < -0.4 is 5.32 Å².